The second-order valence-electron chi connectivity index (χ2n) is 4.90. The van der Waals surface area contributed by atoms with Crippen molar-refractivity contribution in [3.63, 3.8) is 0 Å². The number of hydrogen-bond acceptors (Lipinski definition) is 3. The Kier molecular flexibility index (Phi) is 3.41. The van der Waals surface area contributed by atoms with Crippen LogP contribution in [0.25, 0.3) is 16.6 Å². The van der Waals surface area contributed by atoms with E-state index in [9.17, 15) is 5.26 Å². The van der Waals surface area contributed by atoms with Gasteiger partial charge in [0.25, 0.3) is 0 Å². The molecule has 0 aliphatic rings. The minimum absolute atomic E-state index is 0.550. The van der Waals surface area contributed by atoms with Crippen molar-refractivity contribution in [2.75, 3.05) is 0 Å². The fourth-order valence-corrected chi connectivity index (χ4v) is 2.53. The lowest BCUT2D eigenvalue weighted by molar-refractivity contribution is 0.796. The molecule has 0 aliphatic carbocycles. The molecule has 0 N–H and O–H groups in total. The summed E-state index contributed by atoms with van der Waals surface area (Å²) in [6, 6.07) is 12.2. The molecule has 21 heavy (non-hydrogen) atoms. The lowest BCUT2D eigenvalue weighted by atomic mass is 10.1. The standard InChI is InChI=1S/C17H16N4/c1-3-13-9-14(4-2)21(20-13)17-12(10-18)11-19-16-8-6-5-7-15(16)17/h5-9,11H,3-4H2,1-2H3. The van der Waals surface area contributed by atoms with Crippen molar-refractivity contribution >= 4 is 10.9 Å². The Balaban J connectivity index is 2.38. The number of nitriles is 1. The Hall–Kier alpha value is -2.67. The van der Waals surface area contributed by atoms with E-state index >= 15 is 0 Å². The largest absolute Gasteiger partial charge is 0.255 e. The van der Waals surface area contributed by atoms with Crippen LogP contribution in [-0.4, -0.2) is 14.8 Å². The average Bonchev–Trinajstić information content (AvgIpc) is 2.96. The highest BCUT2D eigenvalue weighted by molar-refractivity contribution is 5.89. The SMILES string of the molecule is CCc1cc(CC)n(-c2c(C#N)cnc3ccccc23)n1. The van der Waals surface area contributed by atoms with Crippen LogP contribution >= 0.6 is 0 Å². The van der Waals surface area contributed by atoms with Crippen LogP contribution < -0.4 is 0 Å². The minimum atomic E-state index is 0.550. The van der Waals surface area contributed by atoms with Crippen LogP contribution in [0.1, 0.15) is 30.8 Å². The van der Waals surface area contributed by atoms with Gasteiger partial charge in [-0.3, -0.25) is 4.98 Å². The van der Waals surface area contributed by atoms with Crippen molar-refractivity contribution in [2.24, 2.45) is 0 Å². The fraction of sp³-hybridized carbons (Fsp3) is 0.235. The molecular weight excluding hydrogens is 260 g/mol. The lowest BCUT2D eigenvalue weighted by Gasteiger charge is -2.11. The van der Waals surface area contributed by atoms with Gasteiger partial charge in [-0.05, 0) is 25.0 Å². The Morgan fingerprint density at radius 3 is 2.71 bits per heavy atom. The highest BCUT2D eigenvalue weighted by Crippen LogP contribution is 2.25. The van der Waals surface area contributed by atoms with E-state index in [1.807, 2.05) is 28.9 Å². The fourth-order valence-electron chi connectivity index (χ4n) is 2.53. The molecule has 0 saturated heterocycles. The molecule has 2 aromatic heterocycles. The third kappa shape index (κ3) is 2.17. The van der Waals surface area contributed by atoms with Crippen LogP contribution in [0.5, 0.6) is 0 Å². The zero-order valence-electron chi connectivity index (χ0n) is 12.2. The van der Waals surface area contributed by atoms with Crippen molar-refractivity contribution in [1.82, 2.24) is 14.8 Å². The summed E-state index contributed by atoms with van der Waals surface area (Å²) in [5, 5.41) is 15.1. The highest BCUT2D eigenvalue weighted by atomic mass is 15.3. The van der Waals surface area contributed by atoms with Crippen molar-refractivity contribution in [3.8, 4) is 11.8 Å². The Labute approximate surface area is 123 Å². The number of fused-ring (bicyclic) bond motifs is 1. The third-order valence-electron chi connectivity index (χ3n) is 3.64. The molecule has 0 amide bonds. The van der Waals surface area contributed by atoms with Gasteiger partial charge in [-0.25, -0.2) is 4.68 Å². The molecule has 3 aromatic rings. The normalized spacial score (nSPS) is 10.7. The van der Waals surface area contributed by atoms with E-state index in [0.717, 1.165) is 40.8 Å². The number of para-hydroxylation sites is 1. The van der Waals surface area contributed by atoms with Crippen molar-refractivity contribution in [3.05, 3.63) is 53.5 Å². The number of pyridine rings is 1. The van der Waals surface area contributed by atoms with Crippen LogP contribution in [0.3, 0.4) is 0 Å². The van der Waals surface area contributed by atoms with E-state index in [2.05, 4.69) is 36.1 Å². The molecule has 0 atom stereocenters. The Bertz CT molecular complexity index is 840. The quantitative estimate of drug-likeness (QED) is 0.736. The van der Waals surface area contributed by atoms with Crippen molar-refractivity contribution in [2.45, 2.75) is 26.7 Å². The molecule has 104 valence electrons. The van der Waals surface area contributed by atoms with Gasteiger partial charge in [-0.2, -0.15) is 10.4 Å². The molecule has 0 fully saturated rings. The maximum Gasteiger partial charge on any atom is 0.103 e. The number of aryl methyl sites for hydroxylation is 2. The van der Waals surface area contributed by atoms with E-state index in [0.29, 0.717) is 5.56 Å². The highest BCUT2D eigenvalue weighted by Gasteiger charge is 2.15. The Morgan fingerprint density at radius 2 is 2.00 bits per heavy atom. The van der Waals surface area contributed by atoms with Gasteiger partial charge in [0.2, 0.25) is 0 Å². The maximum atomic E-state index is 9.44. The maximum absolute atomic E-state index is 9.44. The van der Waals surface area contributed by atoms with Gasteiger partial charge in [0, 0.05) is 17.3 Å². The smallest absolute Gasteiger partial charge is 0.103 e. The van der Waals surface area contributed by atoms with Gasteiger partial charge < -0.3 is 0 Å². The van der Waals surface area contributed by atoms with E-state index in [1.54, 1.807) is 6.20 Å². The lowest BCUT2D eigenvalue weighted by Crippen LogP contribution is -2.05. The molecule has 3 rings (SSSR count). The first-order chi connectivity index (χ1) is 10.3. The average molecular weight is 276 g/mol. The van der Waals surface area contributed by atoms with Gasteiger partial charge >= 0.3 is 0 Å². The second kappa shape index (κ2) is 5.37. The van der Waals surface area contributed by atoms with E-state index in [4.69, 9.17) is 0 Å². The van der Waals surface area contributed by atoms with Crippen LogP contribution in [0, 0.1) is 11.3 Å². The predicted molar refractivity (Wildman–Crippen MR) is 82.3 cm³/mol. The number of benzene rings is 1. The van der Waals surface area contributed by atoms with Crippen LogP contribution in [0.2, 0.25) is 0 Å². The number of rotatable bonds is 3. The molecule has 1 aromatic carbocycles. The molecule has 4 heteroatoms. The zero-order valence-corrected chi connectivity index (χ0v) is 12.2. The first-order valence-corrected chi connectivity index (χ1v) is 7.14. The number of aromatic nitrogens is 3. The summed E-state index contributed by atoms with van der Waals surface area (Å²) in [6.07, 6.45) is 3.38. The summed E-state index contributed by atoms with van der Waals surface area (Å²) in [5.41, 5.74) is 4.41. The minimum Gasteiger partial charge on any atom is -0.255 e. The van der Waals surface area contributed by atoms with Gasteiger partial charge in [-0.15, -0.1) is 0 Å². The van der Waals surface area contributed by atoms with Gasteiger partial charge in [0.05, 0.1) is 22.5 Å². The van der Waals surface area contributed by atoms with E-state index in [1.165, 1.54) is 0 Å². The summed E-state index contributed by atoms with van der Waals surface area (Å²) in [4.78, 5) is 4.36. The first kappa shape index (κ1) is 13.3. The topological polar surface area (TPSA) is 54.5 Å². The Morgan fingerprint density at radius 1 is 1.19 bits per heavy atom. The molecule has 0 aliphatic heterocycles. The van der Waals surface area contributed by atoms with Crippen LogP contribution in [0.15, 0.2) is 36.5 Å². The first-order valence-electron chi connectivity index (χ1n) is 7.14. The molecule has 2 heterocycles. The van der Waals surface area contributed by atoms with Crippen LogP contribution in [-0.2, 0) is 12.8 Å². The summed E-state index contributed by atoms with van der Waals surface area (Å²) in [6.45, 7) is 4.18. The van der Waals surface area contributed by atoms with Crippen molar-refractivity contribution < 1.29 is 0 Å². The van der Waals surface area contributed by atoms with Crippen molar-refractivity contribution in [1.29, 1.82) is 5.26 Å². The summed E-state index contributed by atoms with van der Waals surface area (Å²) < 4.78 is 1.90. The molecule has 4 nitrogen and oxygen atoms in total. The molecule has 0 saturated carbocycles. The van der Waals surface area contributed by atoms with Crippen LogP contribution in [0.4, 0.5) is 0 Å². The van der Waals surface area contributed by atoms with E-state index < -0.39 is 0 Å². The van der Waals surface area contributed by atoms with Gasteiger partial charge in [-0.1, -0.05) is 32.0 Å². The second-order valence-corrected chi connectivity index (χ2v) is 4.90. The molecular formula is C17H16N4. The third-order valence-corrected chi connectivity index (χ3v) is 3.64. The molecule has 0 unspecified atom stereocenters. The zero-order chi connectivity index (χ0) is 14.8. The molecule has 0 radical (unpaired) electrons. The monoisotopic (exact) mass is 276 g/mol. The van der Waals surface area contributed by atoms with Gasteiger partial charge in [0.1, 0.15) is 6.07 Å². The molecule has 0 spiro atoms. The summed E-state index contributed by atoms with van der Waals surface area (Å²) >= 11 is 0. The molecule has 0 bridgehead atoms. The number of nitrogens with zero attached hydrogens (tertiary/aromatic N) is 4. The van der Waals surface area contributed by atoms with E-state index in [-0.39, 0.29) is 0 Å². The van der Waals surface area contributed by atoms with Gasteiger partial charge in [0.15, 0.2) is 0 Å². The summed E-state index contributed by atoms with van der Waals surface area (Å²) in [7, 11) is 0. The predicted octanol–water partition coefficient (Wildman–Crippen LogP) is 3.42. The number of hydrogen-bond donors (Lipinski definition) is 0. The summed E-state index contributed by atoms with van der Waals surface area (Å²) in [5.74, 6) is 0.